The summed E-state index contributed by atoms with van der Waals surface area (Å²) in [5.74, 6) is -0.632. The Bertz CT molecular complexity index is 173. The second-order valence-electron chi connectivity index (χ2n) is 2.06. The van der Waals surface area contributed by atoms with Crippen molar-refractivity contribution in [2.45, 2.75) is 13.3 Å². The van der Waals surface area contributed by atoms with Crippen molar-refractivity contribution in [2.24, 2.45) is 10.9 Å². The summed E-state index contributed by atoms with van der Waals surface area (Å²) in [6, 6.07) is 0. The average molecular weight is 157 g/mol. The minimum absolute atomic E-state index is 0.173. The summed E-state index contributed by atoms with van der Waals surface area (Å²) in [6.07, 6.45) is 2.00. The van der Waals surface area contributed by atoms with Gasteiger partial charge in [0, 0.05) is 0 Å². The minimum atomic E-state index is -0.327. The first kappa shape index (κ1) is 9.85. The van der Waals surface area contributed by atoms with Crippen LogP contribution in [0.4, 0.5) is 0 Å². The summed E-state index contributed by atoms with van der Waals surface area (Å²) in [4.78, 5) is 23.8. The molecule has 0 saturated heterocycles. The number of hydrogen-bond donors (Lipinski definition) is 0. The molecule has 0 amide bonds. The molecule has 0 spiro atoms. The monoisotopic (exact) mass is 157 g/mol. The third kappa shape index (κ3) is 3.53. The Labute approximate surface area is 65.3 Å². The summed E-state index contributed by atoms with van der Waals surface area (Å²) in [6.45, 7) is 2.01. The summed E-state index contributed by atoms with van der Waals surface area (Å²) < 4.78 is 4.47. The summed E-state index contributed by atoms with van der Waals surface area (Å²) in [5.41, 5.74) is 0. The molecule has 0 saturated carbocycles. The number of nitrogens with zero attached hydrogens (tertiary/aromatic N) is 1. The lowest BCUT2D eigenvalue weighted by molar-refractivity contribution is -0.145. The van der Waals surface area contributed by atoms with Gasteiger partial charge in [0.2, 0.25) is 6.08 Å². The number of ether oxygens (including phenoxy) is 1. The second kappa shape index (κ2) is 5.62. The van der Waals surface area contributed by atoms with Crippen LogP contribution in [0.2, 0.25) is 0 Å². The van der Waals surface area contributed by atoms with E-state index >= 15 is 0 Å². The van der Waals surface area contributed by atoms with Gasteiger partial charge in [-0.3, -0.25) is 4.79 Å². The van der Waals surface area contributed by atoms with Crippen LogP contribution in [-0.4, -0.2) is 25.7 Å². The first-order chi connectivity index (χ1) is 5.26. The van der Waals surface area contributed by atoms with Crippen LogP contribution < -0.4 is 0 Å². The first-order valence-electron chi connectivity index (χ1n) is 3.37. The number of esters is 1. The van der Waals surface area contributed by atoms with Crippen LogP contribution in [-0.2, 0) is 14.3 Å². The molecule has 1 atom stereocenters. The average Bonchev–Trinajstić information content (AvgIpc) is 2.05. The Morgan fingerprint density at radius 2 is 2.36 bits per heavy atom. The largest absolute Gasteiger partial charge is 0.469 e. The molecule has 11 heavy (non-hydrogen) atoms. The molecule has 1 unspecified atom stereocenters. The van der Waals surface area contributed by atoms with Gasteiger partial charge in [-0.05, 0) is 6.42 Å². The lowest BCUT2D eigenvalue weighted by Crippen LogP contribution is -2.18. The van der Waals surface area contributed by atoms with Crippen LogP contribution >= 0.6 is 0 Å². The van der Waals surface area contributed by atoms with E-state index in [0.717, 1.165) is 0 Å². The van der Waals surface area contributed by atoms with Gasteiger partial charge in [0.25, 0.3) is 0 Å². The van der Waals surface area contributed by atoms with Gasteiger partial charge < -0.3 is 4.74 Å². The maximum absolute atomic E-state index is 10.8. The van der Waals surface area contributed by atoms with Crippen LogP contribution in [0, 0.1) is 5.92 Å². The normalized spacial score (nSPS) is 11.5. The van der Waals surface area contributed by atoms with Crippen LogP contribution in [0.5, 0.6) is 0 Å². The smallest absolute Gasteiger partial charge is 0.310 e. The Kier molecular flexibility index (Phi) is 5.03. The predicted octanol–water partition coefficient (Wildman–Crippen LogP) is 0.521. The maximum Gasteiger partial charge on any atom is 0.310 e. The third-order valence-corrected chi connectivity index (χ3v) is 1.40. The fourth-order valence-electron chi connectivity index (χ4n) is 0.684. The maximum atomic E-state index is 10.8. The van der Waals surface area contributed by atoms with E-state index in [9.17, 15) is 9.59 Å². The van der Waals surface area contributed by atoms with E-state index in [2.05, 4.69) is 9.73 Å². The van der Waals surface area contributed by atoms with Gasteiger partial charge in [-0.2, -0.15) is 0 Å². The molecule has 0 heterocycles. The fourth-order valence-corrected chi connectivity index (χ4v) is 0.684. The molecular weight excluding hydrogens is 146 g/mol. The number of carbonyl (C=O) groups excluding carboxylic acids is 2. The first-order valence-corrected chi connectivity index (χ1v) is 3.37. The van der Waals surface area contributed by atoms with Crippen molar-refractivity contribution in [3.05, 3.63) is 0 Å². The van der Waals surface area contributed by atoms with Crippen molar-refractivity contribution in [3.8, 4) is 0 Å². The van der Waals surface area contributed by atoms with Crippen LogP contribution in [0.15, 0.2) is 4.99 Å². The van der Waals surface area contributed by atoms with Gasteiger partial charge in [0.05, 0.1) is 19.6 Å². The number of hydrogen-bond acceptors (Lipinski definition) is 4. The van der Waals surface area contributed by atoms with E-state index in [-0.39, 0.29) is 18.4 Å². The molecule has 0 fully saturated rings. The molecule has 0 aliphatic heterocycles. The molecule has 0 radical (unpaired) electrons. The van der Waals surface area contributed by atoms with Crippen molar-refractivity contribution in [1.29, 1.82) is 0 Å². The molecule has 0 N–H and O–H groups in total. The van der Waals surface area contributed by atoms with Crippen molar-refractivity contribution >= 4 is 12.0 Å². The number of rotatable bonds is 4. The molecule has 62 valence electrons. The highest BCUT2D eigenvalue weighted by Crippen LogP contribution is 2.04. The zero-order chi connectivity index (χ0) is 8.69. The molecule has 0 bridgehead atoms. The summed E-state index contributed by atoms with van der Waals surface area (Å²) in [5, 5.41) is 0. The Balaban J connectivity index is 3.94. The van der Waals surface area contributed by atoms with Crippen LogP contribution in [0.1, 0.15) is 13.3 Å². The SMILES string of the molecule is CCC(CN=C=O)C(=O)OC. The Morgan fingerprint density at radius 3 is 2.73 bits per heavy atom. The van der Waals surface area contributed by atoms with Gasteiger partial charge >= 0.3 is 5.97 Å². The van der Waals surface area contributed by atoms with E-state index in [1.54, 1.807) is 0 Å². The molecule has 0 rings (SSSR count). The molecule has 0 aromatic rings. The van der Waals surface area contributed by atoms with Crippen molar-refractivity contribution in [3.63, 3.8) is 0 Å². The standard InChI is InChI=1S/C7H11NO3/c1-3-6(4-8-5-9)7(10)11-2/h6H,3-4H2,1-2H3. The number of carbonyl (C=O) groups is 1. The van der Waals surface area contributed by atoms with Crippen LogP contribution in [0.25, 0.3) is 0 Å². The predicted molar refractivity (Wildman–Crippen MR) is 38.8 cm³/mol. The highest BCUT2D eigenvalue weighted by molar-refractivity contribution is 5.72. The number of isocyanates is 1. The highest BCUT2D eigenvalue weighted by atomic mass is 16.5. The second-order valence-corrected chi connectivity index (χ2v) is 2.06. The summed E-state index contributed by atoms with van der Waals surface area (Å²) in [7, 11) is 1.32. The van der Waals surface area contributed by atoms with Gasteiger partial charge in [-0.25, -0.2) is 9.79 Å². The van der Waals surface area contributed by atoms with Gasteiger partial charge in [-0.1, -0.05) is 6.92 Å². The minimum Gasteiger partial charge on any atom is -0.469 e. The lowest BCUT2D eigenvalue weighted by atomic mass is 10.1. The Hall–Kier alpha value is -1.15. The molecule has 0 aliphatic carbocycles. The van der Waals surface area contributed by atoms with Crippen molar-refractivity contribution in [2.75, 3.05) is 13.7 Å². The highest BCUT2D eigenvalue weighted by Gasteiger charge is 2.15. The Morgan fingerprint density at radius 1 is 1.73 bits per heavy atom. The molecule has 0 aliphatic rings. The van der Waals surface area contributed by atoms with E-state index in [4.69, 9.17) is 0 Å². The van der Waals surface area contributed by atoms with Gasteiger partial charge in [-0.15, -0.1) is 0 Å². The molecule has 4 heteroatoms. The van der Waals surface area contributed by atoms with E-state index in [0.29, 0.717) is 6.42 Å². The van der Waals surface area contributed by atoms with Crippen LogP contribution in [0.3, 0.4) is 0 Å². The topological polar surface area (TPSA) is 55.7 Å². The third-order valence-electron chi connectivity index (χ3n) is 1.40. The lowest BCUT2D eigenvalue weighted by Gasteiger charge is -2.06. The molecule has 4 nitrogen and oxygen atoms in total. The number of aliphatic imine (C=N–C) groups is 1. The fraction of sp³-hybridized carbons (Fsp3) is 0.714. The number of methoxy groups -OCH3 is 1. The molecule has 0 aromatic carbocycles. The molecule has 0 aromatic heterocycles. The van der Waals surface area contributed by atoms with Crippen molar-refractivity contribution in [1.82, 2.24) is 0 Å². The van der Waals surface area contributed by atoms with E-state index in [1.807, 2.05) is 6.92 Å². The zero-order valence-corrected chi connectivity index (χ0v) is 6.66. The summed E-state index contributed by atoms with van der Waals surface area (Å²) >= 11 is 0. The van der Waals surface area contributed by atoms with E-state index < -0.39 is 0 Å². The van der Waals surface area contributed by atoms with E-state index in [1.165, 1.54) is 13.2 Å². The zero-order valence-electron chi connectivity index (χ0n) is 6.66. The quantitative estimate of drug-likeness (QED) is 0.339. The molecular formula is C7H11NO3. The van der Waals surface area contributed by atoms with Crippen molar-refractivity contribution < 1.29 is 14.3 Å². The van der Waals surface area contributed by atoms with Gasteiger partial charge in [0.15, 0.2) is 0 Å². The van der Waals surface area contributed by atoms with Gasteiger partial charge in [0.1, 0.15) is 0 Å².